The van der Waals surface area contributed by atoms with Crippen LogP contribution in [-0.4, -0.2) is 6.54 Å². The Hall–Kier alpha value is -0.0400. The van der Waals surface area contributed by atoms with Crippen LogP contribution in [0.4, 0.5) is 0 Å². The van der Waals surface area contributed by atoms with Gasteiger partial charge in [0.2, 0.25) is 0 Å². The highest BCUT2D eigenvalue weighted by atomic mass is 14.6. The van der Waals surface area contributed by atoms with Crippen molar-refractivity contribution in [3.05, 3.63) is 0 Å². The van der Waals surface area contributed by atoms with Gasteiger partial charge in [0.05, 0.1) is 0 Å². The second-order valence-corrected chi connectivity index (χ2v) is 6.69. The van der Waals surface area contributed by atoms with Gasteiger partial charge in [0.25, 0.3) is 0 Å². The Kier molecular flexibility index (Phi) is 5.50. The fraction of sp³-hybridized carbons (Fsp3) is 1.00. The zero-order chi connectivity index (χ0) is 13.1. The van der Waals surface area contributed by atoms with Gasteiger partial charge in [0, 0.05) is 0 Å². The lowest BCUT2D eigenvalue weighted by molar-refractivity contribution is -0.0636. The summed E-state index contributed by atoms with van der Waals surface area (Å²) in [5.74, 6) is 3.40. The number of hydrogen-bond acceptors (Lipinski definition) is 1. The predicted molar refractivity (Wildman–Crippen MR) is 76.9 cm³/mol. The minimum Gasteiger partial charge on any atom is -0.330 e. The second kappa shape index (κ2) is 6.22. The lowest BCUT2D eigenvalue weighted by atomic mass is 9.49. The quantitative estimate of drug-likeness (QED) is 0.697. The van der Waals surface area contributed by atoms with E-state index in [2.05, 4.69) is 34.6 Å². The van der Waals surface area contributed by atoms with Gasteiger partial charge in [-0.25, -0.2) is 0 Å². The summed E-state index contributed by atoms with van der Waals surface area (Å²) in [7, 11) is 0. The molecule has 4 unspecified atom stereocenters. The van der Waals surface area contributed by atoms with Gasteiger partial charge in [-0.05, 0) is 54.9 Å². The van der Waals surface area contributed by atoms with Crippen molar-refractivity contribution in [3.63, 3.8) is 0 Å². The molecule has 1 aliphatic rings. The van der Waals surface area contributed by atoms with Crippen molar-refractivity contribution in [2.75, 3.05) is 6.54 Å². The van der Waals surface area contributed by atoms with Crippen LogP contribution in [0.15, 0.2) is 0 Å². The molecule has 0 aromatic rings. The molecule has 0 aliphatic heterocycles. The van der Waals surface area contributed by atoms with Gasteiger partial charge < -0.3 is 5.73 Å². The molecule has 0 radical (unpaired) electrons. The van der Waals surface area contributed by atoms with Crippen molar-refractivity contribution >= 4 is 0 Å². The molecule has 1 nitrogen and oxygen atoms in total. The van der Waals surface area contributed by atoms with Crippen LogP contribution in [0.3, 0.4) is 0 Å². The minimum absolute atomic E-state index is 0.537. The molecule has 1 heteroatoms. The van der Waals surface area contributed by atoms with Gasteiger partial charge in [-0.15, -0.1) is 0 Å². The van der Waals surface area contributed by atoms with Crippen LogP contribution >= 0.6 is 0 Å². The Morgan fingerprint density at radius 2 is 1.94 bits per heavy atom. The fourth-order valence-corrected chi connectivity index (χ4v) is 4.26. The van der Waals surface area contributed by atoms with Crippen LogP contribution in [0.2, 0.25) is 0 Å². The number of hydrogen-bond donors (Lipinski definition) is 1. The van der Waals surface area contributed by atoms with E-state index in [4.69, 9.17) is 5.73 Å². The normalized spacial score (nSPS) is 32.3. The van der Waals surface area contributed by atoms with Crippen LogP contribution in [0.5, 0.6) is 0 Å². The summed E-state index contributed by atoms with van der Waals surface area (Å²) < 4.78 is 0. The van der Waals surface area contributed by atoms with Crippen LogP contribution in [0, 0.1) is 29.1 Å². The van der Waals surface area contributed by atoms with E-state index < -0.39 is 0 Å². The van der Waals surface area contributed by atoms with E-state index in [9.17, 15) is 0 Å². The topological polar surface area (TPSA) is 26.0 Å². The highest BCUT2D eigenvalue weighted by Crippen LogP contribution is 2.57. The molecular weight excluding hydrogens is 206 g/mol. The zero-order valence-corrected chi connectivity index (χ0v) is 12.6. The summed E-state index contributed by atoms with van der Waals surface area (Å²) in [4.78, 5) is 0. The third kappa shape index (κ3) is 2.86. The summed E-state index contributed by atoms with van der Waals surface area (Å²) in [6.07, 6.45) is 6.78. The van der Waals surface area contributed by atoms with Crippen LogP contribution in [0.1, 0.15) is 66.7 Å². The van der Waals surface area contributed by atoms with Crippen molar-refractivity contribution in [2.24, 2.45) is 34.8 Å². The number of nitrogens with two attached hydrogens (primary N) is 1. The fourth-order valence-electron chi connectivity index (χ4n) is 4.26. The first-order valence-corrected chi connectivity index (χ1v) is 7.71. The van der Waals surface area contributed by atoms with Crippen molar-refractivity contribution in [1.82, 2.24) is 0 Å². The maximum absolute atomic E-state index is 6.03. The van der Waals surface area contributed by atoms with E-state index in [-0.39, 0.29) is 0 Å². The third-order valence-electron chi connectivity index (χ3n) is 5.54. The van der Waals surface area contributed by atoms with Gasteiger partial charge in [0.15, 0.2) is 0 Å². The molecule has 0 aromatic carbocycles. The first-order chi connectivity index (χ1) is 8.01. The Balaban J connectivity index is 2.75. The van der Waals surface area contributed by atoms with Gasteiger partial charge >= 0.3 is 0 Å². The molecule has 1 aliphatic carbocycles. The molecular formula is C16H33N. The Labute approximate surface area is 109 Å². The standard InChI is InChI=1S/C16H33N/c1-6-8-13(11-17)16(5)10-9-15(16)14(7-2)12(3)4/h12-15H,6-11,17H2,1-5H3. The highest BCUT2D eigenvalue weighted by molar-refractivity contribution is 4.99. The third-order valence-corrected chi connectivity index (χ3v) is 5.54. The van der Waals surface area contributed by atoms with Crippen LogP contribution < -0.4 is 5.73 Å². The summed E-state index contributed by atoms with van der Waals surface area (Å²) in [5, 5.41) is 0. The van der Waals surface area contributed by atoms with Crippen LogP contribution in [0.25, 0.3) is 0 Å². The summed E-state index contributed by atoms with van der Waals surface area (Å²) in [5.41, 5.74) is 6.57. The largest absolute Gasteiger partial charge is 0.330 e. The molecule has 1 saturated carbocycles. The average Bonchev–Trinajstić information content (AvgIpc) is 2.29. The molecule has 0 bridgehead atoms. The maximum Gasteiger partial charge on any atom is -0.00436 e. The first kappa shape index (κ1) is 15.0. The van der Waals surface area contributed by atoms with Crippen molar-refractivity contribution in [3.8, 4) is 0 Å². The molecule has 1 fully saturated rings. The molecule has 102 valence electrons. The SMILES string of the molecule is CCCC(CN)C1(C)CCC1C(CC)C(C)C. The molecule has 2 N–H and O–H groups in total. The van der Waals surface area contributed by atoms with Gasteiger partial charge in [-0.2, -0.15) is 0 Å². The molecule has 4 atom stereocenters. The molecule has 0 heterocycles. The lowest BCUT2D eigenvalue weighted by Crippen LogP contribution is -2.50. The Morgan fingerprint density at radius 1 is 1.29 bits per heavy atom. The highest BCUT2D eigenvalue weighted by Gasteiger charge is 2.50. The minimum atomic E-state index is 0.537. The Bertz CT molecular complexity index is 224. The second-order valence-electron chi connectivity index (χ2n) is 6.69. The monoisotopic (exact) mass is 239 g/mol. The molecule has 0 aromatic heterocycles. The van der Waals surface area contributed by atoms with E-state index in [0.29, 0.717) is 5.41 Å². The van der Waals surface area contributed by atoms with E-state index in [1.54, 1.807) is 0 Å². The predicted octanol–water partition coefficient (Wildman–Crippen LogP) is 4.46. The van der Waals surface area contributed by atoms with E-state index >= 15 is 0 Å². The van der Waals surface area contributed by atoms with Crippen LogP contribution in [-0.2, 0) is 0 Å². The van der Waals surface area contributed by atoms with E-state index in [0.717, 1.165) is 30.2 Å². The van der Waals surface area contributed by atoms with E-state index in [1.807, 2.05) is 0 Å². The molecule has 0 spiro atoms. The summed E-state index contributed by atoms with van der Waals surface area (Å²) >= 11 is 0. The van der Waals surface area contributed by atoms with E-state index in [1.165, 1.54) is 32.1 Å². The van der Waals surface area contributed by atoms with Crippen molar-refractivity contribution < 1.29 is 0 Å². The average molecular weight is 239 g/mol. The molecule has 0 amide bonds. The van der Waals surface area contributed by atoms with Crippen molar-refractivity contribution in [1.29, 1.82) is 0 Å². The maximum atomic E-state index is 6.03. The number of rotatable bonds is 7. The summed E-state index contributed by atoms with van der Waals surface area (Å²) in [6, 6.07) is 0. The molecule has 0 saturated heterocycles. The summed E-state index contributed by atoms with van der Waals surface area (Å²) in [6.45, 7) is 12.8. The molecule has 17 heavy (non-hydrogen) atoms. The Morgan fingerprint density at radius 3 is 2.24 bits per heavy atom. The smallest absolute Gasteiger partial charge is 0.00436 e. The van der Waals surface area contributed by atoms with Gasteiger partial charge in [-0.1, -0.05) is 47.5 Å². The zero-order valence-electron chi connectivity index (χ0n) is 12.6. The lowest BCUT2D eigenvalue weighted by Gasteiger charge is -2.56. The van der Waals surface area contributed by atoms with Crippen molar-refractivity contribution in [2.45, 2.75) is 66.7 Å². The van der Waals surface area contributed by atoms with Gasteiger partial charge in [-0.3, -0.25) is 0 Å². The first-order valence-electron chi connectivity index (χ1n) is 7.71. The van der Waals surface area contributed by atoms with Gasteiger partial charge in [0.1, 0.15) is 0 Å². The molecule has 1 rings (SSSR count).